The second-order valence-corrected chi connectivity index (χ2v) is 11.8. The molecule has 0 N–H and O–H groups in total. The van der Waals surface area contributed by atoms with E-state index in [9.17, 15) is 17.6 Å². The molecular weight excluding hydrogens is 521 g/mol. The number of rotatable bonds is 6. The minimum Gasteiger partial charge on any atom is -0.279 e. The molecule has 38 heavy (non-hydrogen) atoms. The Morgan fingerprint density at radius 1 is 0.921 bits per heavy atom. The molecule has 0 unspecified atom stereocenters. The van der Waals surface area contributed by atoms with Crippen LogP contribution in [0, 0.1) is 5.82 Å². The smallest absolute Gasteiger partial charge is 0.264 e. The number of carbonyl (C=O) groups excluding carboxylic acids is 1. The molecule has 0 atom stereocenters. The molecule has 0 saturated heterocycles. The molecule has 5 aromatic rings. The summed E-state index contributed by atoms with van der Waals surface area (Å²) >= 11 is 1.23. The van der Waals surface area contributed by atoms with E-state index in [0.717, 1.165) is 11.1 Å². The van der Waals surface area contributed by atoms with Crippen LogP contribution in [0.15, 0.2) is 102 Å². The van der Waals surface area contributed by atoms with Crippen molar-refractivity contribution in [1.29, 1.82) is 0 Å². The zero-order chi connectivity index (χ0) is 26.3. The van der Waals surface area contributed by atoms with Gasteiger partial charge in [-0.3, -0.25) is 14.0 Å². The van der Waals surface area contributed by atoms with E-state index in [2.05, 4.69) is 4.98 Å². The third-order valence-electron chi connectivity index (χ3n) is 6.55. The number of amides is 1. The standard InChI is InChI=1S/C29H22FN3O3S2/c30-24-10-6-12-26-27(24)31-29(37-26)32(19-20-7-2-1-3-8-20)28(34)22-13-15-23(16-14-22)38(35,36)33-18-17-21-9-4-5-11-25(21)33/h1-16H,17-19H2. The minimum atomic E-state index is -3.78. The van der Waals surface area contributed by atoms with Crippen LogP contribution < -0.4 is 9.21 Å². The molecule has 6 rings (SSSR count). The molecule has 0 fully saturated rings. The summed E-state index contributed by atoms with van der Waals surface area (Å²) in [6.45, 7) is 0.604. The Bertz CT molecular complexity index is 1750. The monoisotopic (exact) mass is 543 g/mol. The first-order valence-corrected chi connectivity index (χ1v) is 14.3. The van der Waals surface area contributed by atoms with Gasteiger partial charge in [0.2, 0.25) is 0 Å². The van der Waals surface area contributed by atoms with Crippen molar-refractivity contribution in [2.75, 3.05) is 15.7 Å². The van der Waals surface area contributed by atoms with Crippen LogP contribution >= 0.6 is 11.3 Å². The van der Waals surface area contributed by atoms with Gasteiger partial charge in [0.15, 0.2) is 5.13 Å². The molecule has 4 aromatic carbocycles. The molecule has 190 valence electrons. The average Bonchev–Trinajstić information content (AvgIpc) is 3.58. The predicted octanol–water partition coefficient (Wildman–Crippen LogP) is 6.03. The van der Waals surface area contributed by atoms with E-state index in [-0.39, 0.29) is 22.9 Å². The fourth-order valence-corrected chi connectivity index (χ4v) is 7.10. The molecule has 1 aromatic heterocycles. The molecule has 0 saturated carbocycles. The number of fused-ring (bicyclic) bond motifs is 2. The van der Waals surface area contributed by atoms with Crippen molar-refractivity contribution in [2.45, 2.75) is 17.9 Å². The average molecular weight is 544 g/mol. The zero-order valence-electron chi connectivity index (χ0n) is 20.1. The largest absolute Gasteiger partial charge is 0.279 e. The third kappa shape index (κ3) is 4.33. The lowest BCUT2D eigenvalue weighted by Gasteiger charge is -2.21. The van der Waals surface area contributed by atoms with Crippen molar-refractivity contribution in [1.82, 2.24) is 4.98 Å². The highest BCUT2D eigenvalue weighted by atomic mass is 32.2. The Balaban J connectivity index is 1.33. The van der Waals surface area contributed by atoms with E-state index in [1.165, 1.54) is 50.9 Å². The molecule has 0 bridgehead atoms. The van der Waals surface area contributed by atoms with Crippen LogP contribution in [0.2, 0.25) is 0 Å². The maximum absolute atomic E-state index is 14.4. The first-order chi connectivity index (χ1) is 18.4. The van der Waals surface area contributed by atoms with Gasteiger partial charge >= 0.3 is 0 Å². The molecule has 1 aliphatic rings. The summed E-state index contributed by atoms with van der Waals surface area (Å²) in [5.74, 6) is -0.807. The second kappa shape index (κ2) is 9.66. The quantitative estimate of drug-likeness (QED) is 0.262. The van der Waals surface area contributed by atoms with Gasteiger partial charge < -0.3 is 0 Å². The topological polar surface area (TPSA) is 70.6 Å². The van der Waals surface area contributed by atoms with Crippen LogP contribution in [0.3, 0.4) is 0 Å². The first kappa shape index (κ1) is 24.3. The molecule has 6 nitrogen and oxygen atoms in total. The summed E-state index contributed by atoms with van der Waals surface area (Å²) in [5, 5.41) is 0.365. The lowest BCUT2D eigenvalue weighted by atomic mass is 10.1. The van der Waals surface area contributed by atoms with Crippen molar-refractivity contribution in [3.63, 3.8) is 0 Å². The number of benzene rings is 4. The van der Waals surface area contributed by atoms with Gasteiger partial charge in [0, 0.05) is 12.1 Å². The van der Waals surface area contributed by atoms with E-state index in [4.69, 9.17) is 0 Å². The minimum absolute atomic E-state index is 0.113. The van der Waals surface area contributed by atoms with Gasteiger partial charge in [0.25, 0.3) is 15.9 Å². The number of anilines is 2. The van der Waals surface area contributed by atoms with Crippen molar-refractivity contribution in [2.24, 2.45) is 0 Å². The van der Waals surface area contributed by atoms with Gasteiger partial charge in [-0.2, -0.15) is 0 Å². The fourth-order valence-electron chi connectivity index (χ4n) is 4.62. The molecule has 2 heterocycles. The number of hydrogen-bond acceptors (Lipinski definition) is 5. The summed E-state index contributed by atoms with van der Waals surface area (Å²) in [6.07, 6.45) is 0.656. The highest BCUT2D eigenvalue weighted by Gasteiger charge is 2.31. The highest BCUT2D eigenvalue weighted by molar-refractivity contribution is 7.92. The van der Waals surface area contributed by atoms with Crippen LogP contribution in [-0.4, -0.2) is 25.9 Å². The Kier molecular flexibility index (Phi) is 6.17. The van der Waals surface area contributed by atoms with E-state index in [1.54, 1.807) is 18.2 Å². The number of thiazole rings is 1. The van der Waals surface area contributed by atoms with E-state index in [1.807, 2.05) is 48.5 Å². The zero-order valence-corrected chi connectivity index (χ0v) is 21.8. The number of aromatic nitrogens is 1. The predicted molar refractivity (Wildman–Crippen MR) is 148 cm³/mol. The van der Waals surface area contributed by atoms with Crippen LogP contribution in [0.5, 0.6) is 0 Å². The Labute approximate surface area is 223 Å². The summed E-state index contributed by atoms with van der Waals surface area (Å²) in [5.41, 5.74) is 3.08. The van der Waals surface area contributed by atoms with Crippen LogP contribution in [0.1, 0.15) is 21.5 Å². The lowest BCUT2D eigenvalue weighted by molar-refractivity contribution is 0.0985. The van der Waals surface area contributed by atoms with Gasteiger partial charge in [0.1, 0.15) is 11.3 Å². The second-order valence-electron chi connectivity index (χ2n) is 8.94. The number of nitrogens with zero attached hydrogens (tertiary/aromatic N) is 3. The Morgan fingerprint density at radius 2 is 1.66 bits per heavy atom. The van der Waals surface area contributed by atoms with Crippen molar-refractivity contribution in [3.05, 3.63) is 120 Å². The van der Waals surface area contributed by atoms with Gasteiger partial charge in [-0.25, -0.2) is 17.8 Å². The SMILES string of the molecule is O=C(c1ccc(S(=O)(=O)N2CCc3ccccc32)cc1)N(Cc1ccccc1)c1nc2c(F)cccc2s1. The van der Waals surface area contributed by atoms with E-state index in [0.29, 0.717) is 34.0 Å². The first-order valence-electron chi connectivity index (χ1n) is 12.0. The fraction of sp³-hybridized carbons (Fsp3) is 0.103. The summed E-state index contributed by atoms with van der Waals surface area (Å²) in [7, 11) is -3.78. The van der Waals surface area contributed by atoms with Crippen molar-refractivity contribution >= 4 is 48.3 Å². The number of carbonyl (C=O) groups is 1. The molecule has 0 spiro atoms. The normalized spacial score (nSPS) is 13.0. The lowest BCUT2D eigenvalue weighted by Crippen LogP contribution is -2.31. The Hall–Kier alpha value is -4.08. The molecule has 9 heteroatoms. The molecule has 0 aliphatic carbocycles. The van der Waals surface area contributed by atoms with E-state index >= 15 is 0 Å². The number of para-hydroxylation sites is 2. The Morgan fingerprint density at radius 3 is 2.42 bits per heavy atom. The van der Waals surface area contributed by atoms with Crippen molar-refractivity contribution in [3.8, 4) is 0 Å². The molecule has 0 radical (unpaired) electrons. The van der Waals surface area contributed by atoms with Gasteiger partial charge in [-0.15, -0.1) is 0 Å². The van der Waals surface area contributed by atoms with Gasteiger partial charge in [-0.1, -0.05) is 65.9 Å². The van der Waals surface area contributed by atoms with Crippen LogP contribution in [0.4, 0.5) is 15.2 Å². The van der Waals surface area contributed by atoms with Gasteiger partial charge in [0.05, 0.1) is 21.8 Å². The van der Waals surface area contributed by atoms with Gasteiger partial charge in [-0.05, 0) is 60.0 Å². The number of sulfonamides is 1. The number of halogens is 1. The molecule has 1 amide bonds. The molecule has 1 aliphatic heterocycles. The summed E-state index contributed by atoms with van der Waals surface area (Å²) in [4.78, 5) is 19.8. The van der Waals surface area contributed by atoms with Crippen molar-refractivity contribution < 1.29 is 17.6 Å². The summed E-state index contributed by atoms with van der Waals surface area (Å²) in [6, 6.07) is 27.6. The van der Waals surface area contributed by atoms with E-state index < -0.39 is 15.8 Å². The third-order valence-corrected chi connectivity index (χ3v) is 9.42. The highest BCUT2D eigenvalue weighted by Crippen LogP contribution is 2.34. The maximum Gasteiger partial charge on any atom is 0.264 e. The van der Waals surface area contributed by atoms with Crippen LogP contribution in [0.25, 0.3) is 10.2 Å². The van der Waals surface area contributed by atoms with Crippen LogP contribution in [-0.2, 0) is 23.0 Å². The number of hydrogen-bond donors (Lipinski definition) is 0. The molecular formula is C29H22FN3O3S2. The summed E-state index contributed by atoms with van der Waals surface area (Å²) < 4.78 is 43.2. The maximum atomic E-state index is 14.4.